The summed E-state index contributed by atoms with van der Waals surface area (Å²) in [6.07, 6.45) is 0. The summed E-state index contributed by atoms with van der Waals surface area (Å²) < 4.78 is 0.412. The highest BCUT2D eigenvalue weighted by atomic mass is 35.5. The number of hydrogen-bond acceptors (Lipinski definition) is 2. The van der Waals surface area contributed by atoms with Crippen LogP contribution in [0.15, 0.2) is 29.1 Å². The summed E-state index contributed by atoms with van der Waals surface area (Å²) in [6, 6.07) is 6.66. The number of nitrogens with one attached hydrogen (secondary N) is 1. The number of benzene rings is 1. The van der Waals surface area contributed by atoms with Crippen LogP contribution in [-0.4, -0.2) is 4.98 Å². The molecule has 0 atom stereocenters. The molecule has 0 amide bonds. The van der Waals surface area contributed by atoms with E-state index in [2.05, 4.69) is 4.98 Å². The topological polar surface area (TPSA) is 59.8 Å². The molecular formula is C8H5ClN2O2. The number of aromatic nitrogens is 2. The van der Waals surface area contributed by atoms with E-state index in [0.717, 1.165) is 0 Å². The second-order valence-electron chi connectivity index (χ2n) is 2.56. The summed E-state index contributed by atoms with van der Waals surface area (Å²) in [5.74, 6) is 0. The van der Waals surface area contributed by atoms with Gasteiger partial charge in [0.1, 0.15) is 5.52 Å². The first-order chi connectivity index (χ1) is 6.20. The molecule has 13 heavy (non-hydrogen) atoms. The fraction of sp³-hybridized carbons (Fsp3) is 0. The molecule has 1 aromatic carbocycles. The van der Waals surface area contributed by atoms with Crippen molar-refractivity contribution in [3.63, 3.8) is 0 Å². The molecule has 0 radical (unpaired) electrons. The van der Waals surface area contributed by atoms with E-state index in [1.54, 1.807) is 24.3 Å². The van der Waals surface area contributed by atoms with Gasteiger partial charge in [-0.2, -0.15) is 0 Å². The van der Waals surface area contributed by atoms with Crippen LogP contribution in [-0.2, 0) is 0 Å². The van der Waals surface area contributed by atoms with Gasteiger partial charge < -0.3 is 10.2 Å². The maximum atomic E-state index is 11.3. The maximum absolute atomic E-state index is 11.3. The largest absolute Gasteiger partial charge is 0.617 e. The van der Waals surface area contributed by atoms with Crippen LogP contribution in [0, 0.1) is 5.21 Å². The van der Waals surface area contributed by atoms with Gasteiger partial charge in [0.05, 0.1) is 0 Å². The summed E-state index contributed by atoms with van der Waals surface area (Å²) in [7, 11) is 0. The maximum Gasteiger partial charge on any atom is 0.352 e. The van der Waals surface area contributed by atoms with Gasteiger partial charge >= 0.3 is 10.7 Å². The predicted molar refractivity (Wildman–Crippen MR) is 48.5 cm³/mol. The van der Waals surface area contributed by atoms with Crippen LogP contribution in [0.4, 0.5) is 0 Å². The van der Waals surface area contributed by atoms with Gasteiger partial charge in [0, 0.05) is 6.07 Å². The zero-order valence-corrected chi connectivity index (χ0v) is 7.21. The molecule has 1 aromatic heterocycles. The molecule has 0 unspecified atom stereocenters. The van der Waals surface area contributed by atoms with E-state index in [-0.39, 0.29) is 5.15 Å². The molecule has 5 heteroatoms. The summed E-state index contributed by atoms with van der Waals surface area (Å²) in [6.45, 7) is 0. The molecule has 0 saturated carbocycles. The Balaban J connectivity index is 3.02. The van der Waals surface area contributed by atoms with Crippen LogP contribution < -0.4 is 10.3 Å². The number of H-pyrrole nitrogens is 1. The predicted octanol–water partition coefficient (Wildman–Crippen LogP) is 0.815. The zero-order chi connectivity index (χ0) is 9.42. The average Bonchev–Trinajstić information content (AvgIpc) is 2.15. The van der Waals surface area contributed by atoms with Crippen LogP contribution in [0.1, 0.15) is 0 Å². The number of aromatic amines is 1. The third-order valence-corrected chi connectivity index (χ3v) is 2.06. The molecule has 2 aromatic rings. The smallest absolute Gasteiger partial charge is 0.352 e. The van der Waals surface area contributed by atoms with E-state index in [4.69, 9.17) is 11.6 Å². The summed E-state index contributed by atoms with van der Waals surface area (Å²) in [5, 5.41) is 11.0. The van der Waals surface area contributed by atoms with Crippen LogP contribution in [0.2, 0.25) is 5.15 Å². The highest BCUT2D eigenvalue weighted by Gasteiger charge is 2.11. The summed E-state index contributed by atoms with van der Waals surface area (Å²) in [5.41, 5.74) is 0.259. The number of nitrogens with zero attached hydrogens (tertiary/aromatic N) is 1. The number of hydrogen-bond donors (Lipinski definition) is 1. The lowest BCUT2D eigenvalue weighted by molar-refractivity contribution is -0.575. The van der Waals surface area contributed by atoms with Gasteiger partial charge in [-0.1, -0.05) is 12.1 Å². The van der Waals surface area contributed by atoms with Crippen molar-refractivity contribution < 1.29 is 4.73 Å². The normalized spacial score (nSPS) is 10.5. The zero-order valence-electron chi connectivity index (χ0n) is 6.45. The van der Waals surface area contributed by atoms with Crippen molar-refractivity contribution in [1.82, 2.24) is 4.98 Å². The molecule has 0 spiro atoms. The van der Waals surface area contributed by atoms with Crippen LogP contribution >= 0.6 is 11.6 Å². The van der Waals surface area contributed by atoms with E-state index in [1.807, 2.05) is 0 Å². The van der Waals surface area contributed by atoms with Crippen molar-refractivity contribution in [1.29, 1.82) is 0 Å². The Morgan fingerprint density at radius 3 is 2.85 bits per heavy atom. The molecular weight excluding hydrogens is 192 g/mol. The average molecular weight is 197 g/mol. The minimum atomic E-state index is -0.574. The monoisotopic (exact) mass is 196 g/mol. The number of para-hydroxylation sites is 2. The van der Waals surface area contributed by atoms with Gasteiger partial charge in [0.15, 0.2) is 0 Å². The Hall–Kier alpha value is -1.55. The Kier molecular flexibility index (Phi) is 1.70. The molecule has 0 aliphatic heterocycles. The van der Waals surface area contributed by atoms with E-state index >= 15 is 0 Å². The first-order valence-corrected chi connectivity index (χ1v) is 3.98. The molecule has 1 heterocycles. The molecule has 0 aliphatic carbocycles. The molecule has 66 valence electrons. The minimum absolute atomic E-state index is 0.354. The minimum Gasteiger partial charge on any atom is -0.617 e. The third-order valence-electron chi connectivity index (χ3n) is 1.74. The SMILES string of the molecule is O=c1[nH]c2ccccc2[n+]([O-])c1Cl. The first kappa shape index (κ1) is 8.07. The van der Waals surface area contributed by atoms with E-state index in [1.165, 1.54) is 0 Å². The van der Waals surface area contributed by atoms with E-state index in [0.29, 0.717) is 15.8 Å². The molecule has 0 aliphatic rings. The number of halogens is 1. The van der Waals surface area contributed by atoms with Gasteiger partial charge in [-0.25, -0.2) is 0 Å². The van der Waals surface area contributed by atoms with Gasteiger partial charge in [-0.3, -0.25) is 4.79 Å². The molecule has 2 rings (SSSR count). The van der Waals surface area contributed by atoms with E-state index in [9.17, 15) is 10.0 Å². The lowest BCUT2D eigenvalue weighted by Crippen LogP contribution is -2.35. The Labute approximate surface area is 78.0 Å². The fourth-order valence-corrected chi connectivity index (χ4v) is 1.27. The second kappa shape index (κ2) is 2.74. The molecule has 0 fully saturated rings. The Morgan fingerprint density at radius 2 is 2.08 bits per heavy atom. The van der Waals surface area contributed by atoms with Crippen molar-refractivity contribution in [2.75, 3.05) is 0 Å². The van der Waals surface area contributed by atoms with Crippen LogP contribution in [0.5, 0.6) is 0 Å². The highest BCUT2D eigenvalue weighted by Crippen LogP contribution is 2.05. The summed E-state index contributed by atoms with van der Waals surface area (Å²) >= 11 is 5.46. The number of fused-ring (bicyclic) bond motifs is 1. The van der Waals surface area contributed by atoms with Gasteiger partial charge in [0.25, 0.3) is 0 Å². The lowest BCUT2D eigenvalue weighted by Gasteiger charge is -2.01. The lowest BCUT2D eigenvalue weighted by atomic mass is 10.3. The van der Waals surface area contributed by atoms with Crippen LogP contribution in [0.25, 0.3) is 11.0 Å². The standard InChI is InChI=1S/C8H5ClN2O2/c9-7-8(12)10-5-3-1-2-4-6(5)11(7)13/h1-4H,(H,10,12). The van der Waals surface area contributed by atoms with Crippen molar-refractivity contribution in [3.05, 3.63) is 45.0 Å². The fourth-order valence-electron chi connectivity index (χ4n) is 1.13. The van der Waals surface area contributed by atoms with Crippen molar-refractivity contribution in [3.8, 4) is 0 Å². The van der Waals surface area contributed by atoms with Crippen LogP contribution in [0.3, 0.4) is 0 Å². The van der Waals surface area contributed by atoms with Gasteiger partial charge in [0.2, 0.25) is 5.52 Å². The quantitative estimate of drug-likeness (QED) is 0.501. The van der Waals surface area contributed by atoms with E-state index < -0.39 is 5.56 Å². The second-order valence-corrected chi connectivity index (χ2v) is 2.91. The van der Waals surface area contributed by atoms with Crippen molar-refractivity contribution in [2.45, 2.75) is 0 Å². The third kappa shape index (κ3) is 1.15. The van der Waals surface area contributed by atoms with Gasteiger partial charge in [-0.05, 0) is 17.7 Å². The van der Waals surface area contributed by atoms with Crippen molar-refractivity contribution in [2.24, 2.45) is 0 Å². The first-order valence-electron chi connectivity index (χ1n) is 3.60. The Morgan fingerprint density at radius 1 is 1.38 bits per heavy atom. The Bertz CT molecular complexity index is 521. The highest BCUT2D eigenvalue weighted by molar-refractivity contribution is 6.28. The summed E-state index contributed by atoms with van der Waals surface area (Å²) in [4.78, 5) is 13.5. The molecule has 0 bridgehead atoms. The molecule has 0 saturated heterocycles. The van der Waals surface area contributed by atoms with Crippen molar-refractivity contribution >= 4 is 22.6 Å². The number of rotatable bonds is 0. The van der Waals surface area contributed by atoms with Gasteiger partial charge in [-0.15, -0.1) is 4.73 Å². The molecule has 1 N–H and O–H groups in total. The molecule has 4 nitrogen and oxygen atoms in total.